The summed E-state index contributed by atoms with van der Waals surface area (Å²) < 4.78 is 15.6. The molecule has 1 aliphatic heterocycles. The first kappa shape index (κ1) is 16.8. The molecule has 0 aliphatic carbocycles. The number of rotatable bonds is 11. The van der Waals surface area contributed by atoms with E-state index in [4.69, 9.17) is 14.2 Å². The molecule has 0 aromatic rings. The van der Waals surface area contributed by atoms with Gasteiger partial charge in [-0.25, -0.2) is 0 Å². The van der Waals surface area contributed by atoms with Crippen LogP contribution < -0.4 is 5.32 Å². The molecule has 6 heteroatoms. The van der Waals surface area contributed by atoms with Crippen LogP contribution in [0.5, 0.6) is 0 Å². The lowest BCUT2D eigenvalue weighted by Gasteiger charge is -2.28. The second-order valence-corrected chi connectivity index (χ2v) is 4.74. The van der Waals surface area contributed by atoms with Gasteiger partial charge in [0.1, 0.15) is 0 Å². The van der Waals surface area contributed by atoms with Crippen molar-refractivity contribution in [2.45, 2.75) is 12.5 Å². The van der Waals surface area contributed by atoms with E-state index < -0.39 is 6.10 Å². The fraction of sp³-hybridized carbons (Fsp3) is 1.00. The summed E-state index contributed by atoms with van der Waals surface area (Å²) in [6.45, 7) is 7.69. The lowest BCUT2D eigenvalue weighted by atomic mass is 10.3. The highest BCUT2D eigenvalue weighted by molar-refractivity contribution is 4.70. The Morgan fingerprint density at radius 2 is 1.84 bits per heavy atom. The van der Waals surface area contributed by atoms with Crippen molar-refractivity contribution in [3.8, 4) is 0 Å². The van der Waals surface area contributed by atoms with E-state index in [1.165, 1.54) is 0 Å². The minimum absolute atomic E-state index is 0.396. The summed E-state index contributed by atoms with van der Waals surface area (Å²) in [6, 6.07) is 0. The molecule has 1 aliphatic rings. The van der Waals surface area contributed by atoms with E-state index >= 15 is 0 Å². The van der Waals surface area contributed by atoms with Gasteiger partial charge in [0.25, 0.3) is 0 Å². The van der Waals surface area contributed by atoms with Crippen LogP contribution in [0.25, 0.3) is 0 Å². The number of β-amino-alcohol motifs (C(OH)–C–C–N with tert-alkyl or cyclic N) is 1. The Bertz CT molecular complexity index is 201. The quantitative estimate of drug-likeness (QED) is 0.488. The second kappa shape index (κ2) is 11.6. The molecule has 0 saturated carbocycles. The molecule has 114 valence electrons. The highest BCUT2D eigenvalue weighted by Gasteiger charge is 2.13. The number of hydrogen-bond donors (Lipinski definition) is 2. The third kappa shape index (κ3) is 9.32. The van der Waals surface area contributed by atoms with E-state index in [0.717, 1.165) is 32.6 Å². The van der Waals surface area contributed by atoms with Crippen molar-refractivity contribution in [3.63, 3.8) is 0 Å². The number of aliphatic hydroxyl groups excluding tert-OH is 1. The van der Waals surface area contributed by atoms with Gasteiger partial charge in [-0.3, -0.25) is 4.90 Å². The molecule has 1 rings (SSSR count). The summed E-state index contributed by atoms with van der Waals surface area (Å²) in [5, 5.41) is 13.1. The molecule has 1 saturated heterocycles. The SMILES string of the molecule is COCCOCCCOCC(O)CN1CCNCC1. The number of ether oxygens (including phenoxy) is 3. The summed E-state index contributed by atoms with van der Waals surface area (Å²) in [4.78, 5) is 2.26. The van der Waals surface area contributed by atoms with Crippen molar-refractivity contribution >= 4 is 0 Å². The molecule has 2 N–H and O–H groups in total. The van der Waals surface area contributed by atoms with Crippen LogP contribution in [0.3, 0.4) is 0 Å². The van der Waals surface area contributed by atoms with E-state index in [1.54, 1.807) is 7.11 Å². The Hall–Kier alpha value is -0.240. The standard InChI is InChI=1S/C13H28N2O4/c1-17-9-10-18-7-2-8-19-12-13(16)11-15-5-3-14-4-6-15/h13-14,16H,2-12H2,1H3. The summed E-state index contributed by atoms with van der Waals surface area (Å²) in [5.74, 6) is 0. The second-order valence-electron chi connectivity index (χ2n) is 4.74. The van der Waals surface area contributed by atoms with Crippen LogP contribution in [-0.2, 0) is 14.2 Å². The van der Waals surface area contributed by atoms with E-state index in [2.05, 4.69) is 10.2 Å². The molecule has 6 nitrogen and oxygen atoms in total. The molecule has 19 heavy (non-hydrogen) atoms. The van der Waals surface area contributed by atoms with Gasteiger partial charge in [-0.1, -0.05) is 0 Å². The van der Waals surface area contributed by atoms with Gasteiger partial charge in [0.2, 0.25) is 0 Å². The largest absolute Gasteiger partial charge is 0.389 e. The smallest absolute Gasteiger partial charge is 0.0900 e. The summed E-state index contributed by atoms with van der Waals surface area (Å²) in [7, 11) is 1.66. The number of methoxy groups -OCH3 is 1. The van der Waals surface area contributed by atoms with Crippen molar-refractivity contribution in [2.75, 3.05) is 72.9 Å². The van der Waals surface area contributed by atoms with Crippen LogP contribution in [0.2, 0.25) is 0 Å². The van der Waals surface area contributed by atoms with Crippen molar-refractivity contribution in [1.82, 2.24) is 10.2 Å². The van der Waals surface area contributed by atoms with Crippen molar-refractivity contribution < 1.29 is 19.3 Å². The zero-order valence-corrected chi connectivity index (χ0v) is 12.0. The first-order valence-electron chi connectivity index (χ1n) is 7.08. The lowest BCUT2D eigenvalue weighted by molar-refractivity contribution is 0.00407. The Morgan fingerprint density at radius 3 is 2.58 bits per heavy atom. The maximum absolute atomic E-state index is 9.84. The zero-order chi connectivity index (χ0) is 13.8. The van der Waals surface area contributed by atoms with E-state index in [0.29, 0.717) is 39.6 Å². The molecule has 0 aromatic heterocycles. The van der Waals surface area contributed by atoms with Crippen LogP contribution in [-0.4, -0.2) is 89.0 Å². The van der Waals surface area contributed by atoms with E-state index in [9.17, 15) is 5.11 Å². The molecule has 0 radical (unpaired) electrons. The first-order chi connectivity index (χ1) is 9.33. The van der Waals surface area contributed by atoms with Crippen LogP contribution in [0, 0.1) is 0 Å². The van der Waals surface area contributed by atoms with Gasteiger partial charge < -0.3 is 24.6 Å². The number of piperazine rings is 1. The van der Waals surface area contributed by atoms with E-state index in [-0.39, 0.29) is 0 Å². The average molecular weight is 276 g/mol. The van der Waals surface area contributed by atoms with Gasteiger partial charge in [-0.15, -0.1) is 0 Å². The molecule has 0 amide bonds. The average Bonchev–Trinajstić information content (AvgIpc) is 2.43. The Kier molecular flexibility index (Phi) is 10.2. The summed E-state index contributed by atoms with van der Waals surface area (Å²) in [6.07, 6.45) is 0.455. The Morgan fingerprint density at radius 1 is 1.11 bits per heavy atom. The third-order valence-corrected chi connectivity index (χ3v) is 3.00. The van der Waals surface area contributed by atoms with Crippen LogP contribution in [0.4, 0.5) is 0 Å². The van der Waals surface area contributed by atoms with Crippen LogP contribution in [0.1, 0.15) is 6.42 Å². The topological polar surface area (TPSA) is 63.2 Å². The van der Waals surface area contributed by atoms with Crippen molar-refractivity contribution in [2.24, 2.45) is 0 Å². The lowest BCUT2D eigenvalue weighted by Crippen LogP contribution is -2.47. The minimum atomic E-state index is -0.396. The van der Waals surface area contributed by atoms with Crippen LogP contribution in [0.15, 0.2) is 0 Å². The van der Waals surface area contributed by atoms with Gasteiger partial charge in [-0.05, 0) is 6.42 Å². The maximum atomic E-state index is 9.84. The first-order valence-corrected chi connectivity index (χ1v) is 7.08. The molecule has 0 spiro atoms. The molecule has 1 unspecified atom stereocenters. The fourth-order valence-corrected chi connectivity index (χ4v) is 1.97. The van der Waals surface area contributed by atoms with Crippen molar-refractivity contribution in [1.29, 1.82) is 0 Å². The third-order valence-electron chi connectivity index (χ3n) is 3.00. The van der Waals surface area contributed by atoms with Gasteiger partial charge in [0.05, 0.1) is 25.9 Å². The van der Waals surface area contributed by atoms with Gasteiger partial charge >= 0.3 is 0 Å². The molecule has 1 atom stereocenters. The normalized spacial score (nSPS) is 18.6. The summed E-state index contributed by atoms with van der Waals surface area (Å²) in [5.41, 5.74) is 0. The molecule has 0 aromatic carbocycles. The molecule has 0 bridgehead atoms. The van der Waals surface area contributed by atoms with Gasteiger partial charge in [0, 0.05) is 53.0 Å². The highest BCUT2D eigenvalue weighted by atomic mass is 16.5. The number of hydrogen-bond acceptors (Lipinski definition) is 6. The zero-order valence-electron chi connectivity index (χ0n) is 12.0. The molecular formula is C13H28N2O4. The van der Waals surface area contributed by atoms with Gasteiger partial charge in [0.15, 0.2) is 0 Å². The predicted octanol–water partition coefficient (Wildman–Crippen LogP) is -0.678. The fourth-order valence-electron chi connectivity index (χ4n) is 1.97. The number of aliphatic hydroxyl groups is 1. The Labute approximate surface area is 116 Å². The Balaban J connectivity index is 1.85. The van der Waals surface area contributed by atoms with Crippen LogP contribution >= 0.6 is 0 Å². The monoisotopic (exact) mass is 276 g/mol. The van der Waals surface area contributed by atoms with Crippen molar-refractivity contribution in [3.05, 3.63) is 0 Å². The number of nitrogens with one attached hydrogen (secondary N) is 1. The number of nitrogens with zero attached hydrogens (tertiary/aromatic N) is 1. The minimum Gasteiger partial charge on any atom is -0.389 e. The predicted molar refractivity (Wildman–Crippen MR) is 73.4 cm³/mol. The highest BCUT2D eigenvalue weighted by Crippen LogP contribution is 1.96. The molecule has 1 heterocycles. The maximum Gasteiger partial charge on any atom is 0.0900 e. The van der Waals surface area contributed by atoms with Gasteiger partial charge in [-0.2, -0.15) is 0 Å². The molecule has 1 fully saturated rings. The molecular weight excluding hydrogens is 248 g/mol. The van der Waals surface area contributed by atoms with E-state index in [1.807, 2.05) is 0 Å². The summed E-state index contributed by atoms with van der Waals surface area (Å²) >= 11 is 0.